The lowest BCUT2D eigenvalue weighted by atomic mass is 10.2. The first-order chi connectivity index (χ1) is 12.9. The molecule has 0 bridgehead atoms. The third kappa shape index (κ3) is 3.41. The van der Waals surface area contributed by atoms with E-state index < -0.39 is 9.84 Å². The Labute approximate surface area is 160 Å². The SMILES string of the molecule is Cc1ccc(S(=O)(=O)c2ccc(C(=O)Nc3ccc4c(c3)OCO4)s2)cc1. The van der Waals surface area contributed by atoms with E-state index >= 15 is 0 Å². The summed E-state index contributed by atoms with van der Waals surface area (Å²) in [5, 5.41) is 2.74. The maximum atomic E-state index is 12.7. The minimum absolute atomic E-state index is 0.127. The minimum Gasteiger partial charge on any atom is -0.454 e. The first-order valence-corrected chi connectivity index (χ1v) is 10.4. The van der Waals surface area contributed by atoms with Gasteiger partial charge >= 0.3 is 0 Å². The molecule has 4 rings (SSSR count). The fourth-order valence-corrected chi connectivity index (χ4v) is 5.19. The maximum Gasteiger partial charge on any atom is 0.265 e. The van der Waals surface area contributed by atoms with Gasteiger partial charge in [0.25, 0.3) is 5.91 Å². The molecule has 0 fully saturated rings. The molecular formula is C19H15NO5S2. The van der Waals surface area contributed by atoms with Gasteiger partial charge in [-0.3, -0.25) is 4.79 Å². The molecule has 27 heavy (non-hydrogen) atoms. The van der Waals surface area contributed by atoms with E-state index in [9.17, 15) is 13.2 Å². The van der Waals surface area contributed by atoms with Crippen LogP contribution < -0.4 is 14.8 Å². The predicted octanol–water partition coefficient (Wildman–Crippen LogP) is 3.87. The number of nitrogens with one attached hydrogen (secondary N) is 1. The van der Waals surface area contributed by atoms with Crippen LogP contribution in [0.5, 0.6) is 11.5 Å². The van der Waals surface area contributed by atoms with Gasteiger partial charge < -0.3 is 14.8 Å². The van der Waals surface area contributed by atoms with E-state index in [4.69, 9.17) is 9.47 Å². The van der Waals surface area contributed by atoms with Gasteiger partial charge in [0.2, 0.25) is 16.6 Å². The highest BCUT2D eigenvalue weighted by Crippen LogP contribution is 2.34. The van der Waals surface area contributed by atoms with Crippen LogP contribution in [0.25, 0.3) is 0 Å². The van der Waals surface area contributed by atoms with Gasteiger partial charge in [0, 0.05) is 11.8 Å². The van der Waals surface area contributed by atoms with Gasteiger partial charge in [-0.2, -0.15) is 0 Å². The molecule has 2 heterocycles. The molecule has 0 aliphatic carbocycles. The van der Waals surface area contributed by atoms with E-state index in [0.717, 1.165) is 16.9 Å². The average Bonchev–Trinajstić information content (AvgIpc) is 3.31. The molecule has 2 aromatic carbocycles. The third-order valence-electron chi connectivity index (χ3n) is 4.03. The molecule has 8 heteroatoms. The van der Waals surface area contributed by atoms with Gasteiger partial charge in [-0.1, -0.05) is 17.7 Å². The van der Waals surface area contributed by atoms with Crippen molar-refractivity contribution in [2.75, 3.05) is 12.1 Å². The molecule has 138 valence electrons. The number of hydrogen-bond donors (Lipinski definition) is 1. The Morgan fingerprint density at radius 3 is 2.52 bits per heavy atom. The van der Waals surface area contributed by atoms with Crippen LogP contribution in [-0.2, 0) is 9.84 Å². The molecule has 1 aliphatic heterocycles. The van der Waals surface area contributed by atoms with E-state index in [1.807, 2.05) is 6.92 Å². The van der Waals surface area contributed by atoms with Crippen LogP contribution in [0.15, 0.2) is 63.7 Å². The second-order valence-corrected chi connectivity index (χ2v) is 9.22. The summed E-state index contributed by atoms with van der Waals surface area (Å²) >= 11 is 0.936. The predicted molar refractivity (Wildman–Crippen MR) is 101 cm³/mol. The molecule has 0 spiro atoms. The van der Waals surface area contributed by atoms with E-state index in [-0.39, 0.29) is 21.8 Å². The molecule has 1 aliphatic rings. The summed E-state index contributed by atoms with van der Waals surface area (Å²) in [4.78, 5) is 13.0. The number of amides is 1. The Bertz CT molecular complexity index is 1120. The highest BCUT2D eigenvalue weighted by atomic mass is 32.2. The van der Waals surface area contributed by atoms with Gasteiger partial charge in [-0.25, -0.2) is 8.42 Å². The zero-order chi connectivity index (χ0) is 19.0. The molecule has 0 saturated heterocycles. The molecular weight excluding hydrogens is 386 g/mol. The summed E-state index contributed by atoms with van der Waals surface area (Å²) in [5.41, 5.74) is 1.52. The number of benzene rings is 2. The second-order valence-electron chi connectivity index (χ2n) is 5.96. The van der Waals surface area contributed by atoms with E-state index in [1.165, 1.54) is 12.1 Å². The highest BCUT2D eigenvalue weighted by molar-refractivity contribution is 7.93. The second kappa shape index (κ2) is 6.71. The number of thiophene rings is 1. The van der Waals surface area contributed by atoms with Crippen molar-refractivity contribution in [1.29, 1.82) is 0 Å². The van der Waals surface area contributed by atoms with Crippen molar-refractivity contribution in [3.8, 4) is 11.5 Å². The number of ether oxygens (including phenoxy) is 2. The number of carbonyl (C=O) groups is 1. The first-order valence-electron chi connectivity index (χ1n) is 8.06. The van der Waals surface area contributed by atoms with E-state index in [1.54, 1.807) is 42.5 Å². The Morgan fingerprint density at radius 1 is 1.00 bits per heavy atom. The van der Waals surface area contributed by atoms with Gasteiger partial charge in [0.15, 0.2) is 11.5 Å². The smallest absolute Gasteiger partial charge is 0.265 e. The number of anilines is 1. The third-order valence-corrected chi connectivity index (χ3v) is 7.38. The van der Waals surface area contributed by atoms with Crippen molar-refractivity contribution in [3.63, 3.8) is 0 Å². The van der Waals surface area contributed by atoms with Gasteiger partial charge in [-0.15, -0.1) is 11.3 Å². The van der Waals surface area contributed by atoms with Crippen molar-refractivity contribution in [2.24, 2.45) is 0 Å². The lowest BCUT2D eigenvalue weighted by Crippen LogP contribution is -2.09. The number of hydrogen-bond acceptors (Lipinski definition) is 6. The van der Waals surface area contributed by atoms with Crippen molar-refractivity contribution in [2.45, 2.75) is 16.0 Å². The van der Waals surface area contributed by atoms with Crippen LogP contribution >= 0.6 is 11.3 Å². The number of sulfone groups is 1. The van der Waals surface area contributed by atoms with E-state index in [2.05, 4.69) is 5.32 Å². The summed E-state index contributed by atoms with van der Waals surface area (Å²) in [6.07, 6.45) is 0. The Balaban J connectivity index is 1.55. The molecule has 0 radical (unpaired) electrons. The molecule has 3 aromatic rings. The number of fused-ring (bicyclic) bond motifs is 1. The molecule has 1 aromatic heterocycles. The summed E-state index contributed by atoms with van der Waals surface area (Å²) in [7, 11) is -3.65. The van der Waals surface area contributed by atoms with Crippen molar-refractivity contribution >= 4 is 32.8 Å². The quantitative estimate of drug-likeness (QED) is 0.718. The maximum absolute atomic E-state index is 12.7. The van der Waals surface area contributed by atoms with Gasteiger partial charge in [0.05, 0.1) is 9.77 Å². The topological polar surface area (TPSA) is 81.7 Å². The number of carbonyl (C=O) groups excluding carboxylic acids is 1. The molecule has 6 nitrogen and oxygen atoms in total. The zero-order valence-electron chi connectivity index (χ0n) is 14.3. The van der Waals surface area contributed by atoms with Crippen LogP contribution in [0.2, 0.25) is 0 Å². The van der Waals surface area contributed by atoms with Gasteiger partial charge in [-0.05, 0) is 43.3 Å². The standard InChI is InChI=1S/C19H15NO5S2/c1-12-2-5-14(6-3-12)27(22,23)18-9-8-17(26-18)19(21)20-13-4-7-15-16(10-13)25-11-24-15/h2-10H,11H2,1H3,(H,20,21). The van der Waals surface area contributed by atoms with Crippen LogP contribution in [-0.4, -0.2) is 21.1 Å². The van der Waals surface area contributed by atoms with Crippen molar-refractivity contribution in [3.05, 3.63) is 65.0 Å². The zero-order valence-corrected chi connectivity index (χ0v) is 15.9. The molecule has 0 atom stereocenters. The summed E-state index contributed by atoms with van der Waals surface area (Å²) in [6, 6.07) is 14.7. The van der Waals surface area contributed by atoms with Crippen LogP contribution in [0.4, 0.5) is 5.69 Å². The largest absolute Gasteiger partial charge is 0.454 e. The molecule has 1 N–H and O–H groups in total. The van der Waals surface area contributed by atoms with E-state index in [0.29, 0.717) is 22.1 Å². The lowest BCUT2D eigenvalue weighted by Gasteiger charge is -2.05. The van der Waals surface area contributed by atoms with Crippen molar-refractivity contribution in [1.82, 2.24) is 0 Å². The number of rotatable bonds is 4. The summed E-state index contributed by atoms with van der Waals surface area (Å²) in [5.74, 6) is 0.793. The normalized spacial score (nSPS) is 12.8. The molecule has 1 amide bonds. The van der Waals surface area contributed by atoms with Crippen molar-refractivity contribution < 1.29 is 22.7 Å². The highest BCUT2D eigenvalue weighted by Gasteiger charge is 2.22. The summed E-state index contributed by atoms with van der Waals surface area (Å²) in [6.45, 7) is 2.04. The minimum atomic E-state index is -3.65. The Morgan fingerprint density at radius 2 is 1.74 bits per heavy atom. The molecule has 0 saturated carbocycles. The number of aryl methyl sites for hydroxylation is 1. The monoisotopic (exact) mass is 401 g/mol. The van der Waals surface area contributed by atoms with Crippen LogP contribution in [0.3, 0.4) is 0 Å². The Hall–Kier alpha value is -2.84. The first kappa shape index (κ1) is 17.6. The van der Waals surface area contributed by atoms with Crippen LogP contribution in [0.1, 0.15) is 15.2 Å². The lowest BCUT2D eigenvalue weighted by molar-refractivity contribution is 0.103. The van der Waals surface area contributed by atoms with Crippen LogP contribution in [0, 0.1) is 6.92 Å². The fourth-order valence-electron chi connectivity index (χ4n) is 2.59. The fraction of sp³-hybridized carbons (Fsp3) is 0.105. The average molecular weight is 401 g/mol. The Kier molecular flexibility index (Phi) is 4.37. The van der Waals surface area contributed by atoms with Gasteiger partial charge in [0.1, 0.15) is 4.21 Å². The molecule has 0 unspecified atom stereocenters. The summed E-state index contributed by atoms with van der Waals surface area (Å²) < 4.78 is 36.1.